The number of pyridine rings is 1. The van der Waals surface area contributed by atoms with Crippen molar-refractivity contribution in [3.05, 3.63) is 154 Å². The van der Waals surface area contributed by atoms with E-state index in [4.69, 9.17) is 55.8 Å². The van der Waals surface area contributed by atoms with E-state index in [0.717, 1.165) is 25.7 Å². The molecule has 6 saturated carbocycles. The van der Waals surface area contributed by atoms with Crippen molar-refractivity contribution < 1.29 is 84.5 Å². The van der Waals surface area contributed by atoms with Gasteiger partial charge in [-0.25, -0.2) is 9.36 Å². The minimum atomic E-state index is -4.23. The number of aromatic amines is 1. The van der Waals surface area contributed by atoms with Gasteiger partial charge in [0.2, 0.25) is 11.8 Å². The quantitative estimate of drug-likeness (QED) is 0.0209. The monoisotopic (exact) mass is 1710 g/mol. The standard InChI is InChI=1S/C40H46ClN3O8.C33H42BrNO9S.C13H10ClN3O2/c1-6-24-19-40(24,38(48)49)20-32(45)31-17-27(21-43(31)37(47)30(39(2,3)4)18-35(46)52-26-13-22-12-23(22)14-26)51-34-16-25(44-11-7-10-42-44)15-29-28(34)8-9-33(50-5)36(29)41;1-6-21-16-33(21,31(39)42-5)17-28(36)27-14-24(44-45(40,41)25-9-7-22(34)8-10-25)18-35(27)30(38)26(32(2,3)4)15-29(37)43-23-12-19-11-20(19)13-23;1-19-10-4-3-8-9(18)7-11(16-13(8)12(10)14)17-6-2-5-15-17/h6-11,15-16,22-24,26-27,30-31H,1,12-14,17-21H2,2-5H3,(H,48,49);6-10,19-21,23-24,26-27H,1,11-18H2,2-5H3;2-7H,1H3,(H,16,18)/t22-,23+,24-,26?,27-,30-,31+,40-;19-,20+,21-,23?,24+,26-,27+,33-;/m11./s1. The fraction of sp³-hybridized carbons (Fsp3) is 0.500. The number of esters is 3. The van der Waals surface area contributed by atoms with Crippen LogP contribution in [0, 0.1) is 69.0 Å². The topological polar surface area (TPSA) is 331 Å². The number of nitrogens with zero attached hydrogens (tertiary/aromatic N) is 6. The summed E-state index contributed by atoms with van der Waals surface area (Å²) in [6, 6.07) is 19.7. The van der Waals surface area contributed by atoms with E-state index < -0.39 is 103 Å². The van der Waals surface area contributed by atoms with E-state index in [1.54, 1.807) is 88.8 Å². The maximum Gasteiger partial charge on any atom is 0.312 e. The number of halogens is 3. The Morgan fingerprint density at radius 1 is 0.621 bits per heavy atom. The number of allylic oxidation sites excluding steroid dienone is 2. The highest BCUT2D eigenvalue weighted by Crippen LogP contribution is 2.59. The Morgan fingerprint density at radius 2 is 1.11 bits per heavy atom. The number of Topliss-reactive ketones (excluding diaryl/α,β-unsaturated/α-hetero) is 2. The van der Waals surface area contributed by atoms with Gasteiger partial charge in [0.05, 0.1) is 103 Å². The number of ketones is 2. The Morgan fingerprint density at radius 3 is 1.59 bits per heavy atom. The smallest absolute Gasteiger partial charge is 0.312 e. The van der Waals surface area contributed by atoms with Crippen LogP contribution in [-0.4, -0.2) is 166 Å². The van der Waals surface area contributed by atoms with Crippen LogP contribution in [0.3, 0.4) is 0 Å². The second kappa shape index (κ2) is 33.6. The molecule has 2 aliphatic heterocycles. The van der Waals surface area contributed by atoms with Crippen LogP contribution in [0.2, 0.25) is 10.0 Å². The van der Waals surface area contributed by atoms with E-state index in [0.29, 0.717) is 101 Å². The number of likely N-dealkylation sites (tertiary alicyclic amines) is 2. The summed E-state index contributed by atoms with van der Waals surface area (Å²) in [5, 5.41) is 21.2. The molecule has 26 nitrogen and oxygen atoms in total. The zero-order chi connectivity index (χ0) is 83.4. The number of fused-ring (bicyclic) bond motifs is 4. The van der Waals surface area contributed by atoms with Crippen molar-refractivity contribution in [2.24, 2.45) is 69.0 Å². The molecule has 0 bridgehead atoms. The summed E-state index contributed by atoms with van der Waals surface area (Å²) in [6.45, 7) is 18.7. The highest BCUT2D eigenvalue weighted by atomic mass is 79.9. The second-order valence-corrected chi connectivity index (χ2v) is 37.6. The van der Waals surface area contributed by atoms with Crippen LogP contribution in [0.15, 0.2) is 143 Å². The van der Waals surface area contributed by atoms with Gasteiger partial charge in [-0.1, -0.05) is 92.8 Å². The number of rotatable bonds is 27. The lowest BCUT2D eigenvalue weighted by Crippen LogP contribution is -2.48. The third kappa shape index (κ3) is 18.1. The largest absolute Gasteiger partial charge is 0.495 e. The van der Waals surface area contributed by atoms with Gasteiger partial charge in [-0.05, 0) is 164 Å². The third-order valence-corrected chi connectivity index (χ3v) is 27.3. The van der Waals surface area contributed by atoms with Gasteiger partial charge in [-0.2, -0.15) is 18.6 Å². The van der Waals surface area contributed by atoms with Crippen molar-refractivity contribution in [2.45, 2.75) is 173 Å². The number of amides is 2. The lowest BCUT2D eigenvalue weighted by molar-refractivity contribution is -0.157. The van der Waals surface area contributed by atoms with Gasteiger partial charge in [0.15, 0.2) is 17.0 Å². The Hall–Kier alpha value is -9.22. The van der Waals surface area contributed by atoms with Crippen molar-refractivity contribution >= 4 is 118 Å². The number of benzene rings is 4. The fourth-order valence-corrected chi connectivity index (χ4v) is 19.5. The molecule has 2 amide bonds. The molecule has 15 rings (SSSR count). The maximum atomic E-state index is 14.6. The van der Waals surface area contributed by atoms with Crippen molar-refractivity contribution in [2.75, 3.05) is 34.4 Å². The number of ether oxygens (including phenoxy) is 6. The number of carbonyl (C=O) groups excluding carboxylic acids is 7. The second-order valence-electron chi connectivity index (χ2n) is 34.3. The summed E-state index contributed by atoms with van der Waals surface area (Å²) in [5.74, 6) is -1.64. The number of hydrogen-bond acceptors (Lipinski definition) is 20. The van der Waals surface area contributed by atoms with Crippen molar-refractivity contribution in [3.8, 4) is 28.8 Å². The molecule has 4 aromatic carbocycles. The molecule has 8 fully saturated rings. The van der Waals surface area contributed by atoms with Crippen LogP contribution in [-0.2, 0) is 66.9 Å². The normalized spacial score (nSPS) is 26.5. The molecule has 30 heteroatoms. The summed E-state index contributed by atoms with van der Waals surface area (Å²) in [6.07, 6.45) is 14.0. The summed E-state index contributed by atoms with van der Waals surface area (Å²) >= 11 is 16.3. The number of carbonyl (C=O) groups is 8. The van der Waals surface area contributed by atoms with Gasteiger partial charge in [-0.3, -0.25) is 47.3 Å². The van der Waals surface area contributed by atoms with Gasteiger partial charge in [-0.15, -0.1) is 13.2 Å². The lowest BCUT2D eigenvalue weighted by Gasteiger charge is -2.35. The molecule has 6 aliphatic carbocycles. The zero-order valence-electron chi connectivity index (χ0n) is 66.3. The number of aliphatic carboxylic acids is 1. The van der Waals surface area contributed by atoms with Gasteiger partial charge in [0, 0.05) is 89.8 Å². The Kier molecular flexibility index (Phi) is 24.6. The van der Waals surface area contributed by atoms with E-state index in [1.807, 2.05) is 59.7 Å². The molecule has 2 N–H and O–H groups in total. The predicted molar refractivity (Wildman–Crippen MR) is 434 cm³/mol. The Bertz CT molecular complexity index is 5140. The molecule has 3 aromatic heterocycles. The van der Waals surface area contributed by atoms with Gasteiger partial charge in [0.1, 0.15) is 46.4 Å². The molecule has 5 heterocycles. The molecule has 2 unspecified atom stereocenters. The van der Waals surface area contributed by atoms with Crippen LogP contribution in [0.4, 0.5) is 0 Å². The van der Waals surface area contributed by atoms with Crippen LogP contribution in [0.5, 0.6) is 17.2 Å². The number of carboxylic acids is 1. The van der Waals surface area contributed by atoms with E-state index in [2.05, 4.69) is 44.3 Å². The Balaban J connectivity index is 0.000000166. The summed E-state index contributed by atoms with van der Waals surface area (Å²) in [7, 11) is 0.105. The van der Waals surface area contributed by atoms with Gasteiger partial charge >= 0.3 is 23.9 Å². The SMILES string of the molecule is C=C[C@@H]1C[C@]1(CC(=O)[C@@H]1C[C@@H](Oc2cc(-n3cccn3)cc3c(Cl)c(OC)ccc23)CN1C(=O)[C@@H](CC(=O)OC1C[C@@H]2C[C@@H]2C1)C(C)(C)C)C(=O)O.C=C[C@@H]1C[C@]1(CC(=O)[C@@H]1C[C@H](OS(=O)(=O)c2ccc(Br)cc2)CN1C(=O)[C@@H](CC(=O)OC1C[C@@H]2C[C@@H]2C1)C(C)(C)C)C(=O)OC.COc1ccc2c(=O)cc(-n3cccn3)[nH]c2c1Cl. The molecular formula is C86H98BrCl2N7O19S. The van der Waals surface area contributed by atoms with E-state index in [1.165, 1.54) is 62.2 Å². The van der Waals surface area contributed by atoms with E-state index in [-0.39, 0.29) is 97.7 Å². The minimum absolute atomic E-state index is 0.0605. The molecular weight excluding hydrogens is 1620 g/mol. The first-order valence-corrected chi connectivity index (χ1v) is 42.1. The number of carboxylic acid groups (broad SMARTS) is 1. The van der Waals surface area contributed by atoms with Crippen LogP contribution in [0.1, 0.15) is 131 Å². The molecule has 0 spiro atoms. The molecule has 618 valence electrons. The molecule has 16 atom stereocenters. The average Bonchev–Trinajstić information content (AvgIpc) is 1.51. The minimum Gasteiger partial charge on any atom is -0.495 e. The number of H-pyrrole nitrogens is 1. The summed E-state index contributed by atoms with van der Waals surface area (Å²) < 4.78 is 69.8. The number of hydrogen-bond donors (Lipinski definition) is 2. The van der Waals surface area contributed by atoms with Gasteiger partial charge < -0.3 is 48.3 Å². The highest BCUT2D eigenvalue weighted by Gasteiger charge is 2.63. The maximum absolute atomic E-state index is 14.6. The Labute approximate surface area is 691 Å². The number of nitrogens with one attached hydrogen (secondary N) is 1. The molecule has 7 aromatic rings. The first-order chi connectivity index (χ1) is 55.0. The summed E-state index contributed by atoms with van der Waals surface area (Å²) in [4.78, 5) is 127. The predicted octanol–water partition coefficient (Wildman–Crippen LogP) is 13.9. The lowest BCUT2D eigenvalue weighted by atomic mass is 9.77. The highest BCUT2D eigenvalue weighted by molar-refractivity contribution is 9.10. The van der Waals surface area contributed by atoms with Crippen LogP contribution >= 0.6 is 39.1 Å². The van der Waals surface area contributed by atoms with E-state index in [9.17, 15) is 56.7 Å². The van der Waals surface area contributed by atoms with Gasteiger partial charge in [0.25, 0.3) is 10.1 Å². The van der Waals surface area contributed by atoms with E-state index >= 15 is 0 Å². The van der Waals surface area contributed by atoms with Crippen molar-refractivity contribution in [1.82, 2.24) is 34.3 Å². The number of methoxy groups -OCH3 is 3. The fourth-order valence-electron chi connectivity index (χ4n) is 17.6. The summed E-state index contributed by atoms with van der Waals surface area (Å²) in [5.41, 5.74) is -2.53. The zero-order valence-corrected chi connectivity index (χ0v) is 70.2. The third-order valence-electron chi connectivity index (χ3n) is 24.6. The molecule has 8 aliphatic rings. The number of aromatic nitrogens is 5. The first-order valence-electron chi connectivity index (χ1n) is 39.2. The molecule has 116 heavy (non-hydrogen) atoms. The van der Waals surface area contributed by atoms with Crippen LogP contribution < -0.4 is 19.6 Å². The van der Waals surface area contributed by atoms with Crippen LogP contribution in [0.25, 0.3) is 33.2 Å². The molecule has 2 saturated heterocycles. The van der Waals surface area contributed by atoms with Crippen molar-refractivity contribution in [3.63, 3.8) is 0 Å². The first kappa shape index (κ1) is 84.7. The van der Waals surface area contributed by atoms with Crippen molar-refractivity contribution in [1.29, 1.82) is 0 Å². The average molecular weight is 1720 g/mol. The molecule has 0 radical (unpaired) electrons.